The molecule has 0 atom stereocenters. The first-order valence-electron chi connectivity index (χ1n) is 8.75. The van der Waals surface area contributed by atoms with Gasteiger partial charge >= 0.3 is 0 Å². The van der Waals surface area contributed by atoms with Crippen LogP contribution in [0.15, 0.2) is 46.2 Å². The van der Waals surface area contributed by atoms with Gasteiger partial charge < -0.3 is 0 Å². The van der Waals surface area contributed by atoms with E-state index >= 15 is 0 Å². The Labute approximate surface area is 170 Å². The molecule has 2 heterocycles. The number of carbonyl (C=O) groups excluding carboxylic acids is 2. The molecule has 2 aliphatic heterocycles. The van der Waals surface area contributed by atoms with Gasteiger partial charge in [0.2, 0.25) is 0 Å². The molecule has 0 saturated heterocycles. The van der Waals surface area contributed by atoms with Crippen LogP contribution in [-0.2, 0) is 20.0 Å². The van der Waals surface area contributed by atoms with E-state index in [2.05, 4.69) is 0 Å². The van der Waals surface area contributed by atoms with Crippen molar-refractivity contribution < 1.29 is 26.4 Å². The lowest BCUT2D eigenvalue weighted by molar-refractivity contribution is 0.0976. The predicted octanol–water partition coefficient (Wildman–Crippen LogP) is -0.308. The van der Waals surface area contributed by atoms with Gasteiger partial charge in [-0.3, -0.25) is 9.59 Å². The average molecular weight is 451 g/mol. The van der Waals surface area contributed by atoms with E-state index in [1.165, 1.54) is 12.1 Å². The number of nitrogens with one attached hydrogen (secondary N) is 2. The van der Waals surface area contributed by atoms with Gasteiger partial charge in [0.25, 0.3) is 31.9 Å². The number of carbonyl (C=O) groups is 2. The maximum absolute atomic E-state index is 12.7. The van der Waals surface area contributed by atoms with Crippen LogP contribution in [0.4, 0.5) is 0 Å². The van der Waals surface area contributed by atoms with Gasteiger partial charge in [0, 0.05) is 0 Å². The summed E-state index contributed by atoms with van der Waals surface area (Å²) in [6.45, 7) is 5.70. The summed E-state index contributed by atoms with van der Waals surface area (Å²) in [5.41, 5.74) is 0.0998. The Morgan fingerprint density at radius 3 is 1.45 bits per heavy atom. The molecule has 0 fully saturated rings. The van der Waals surface area contributed by atoms with Crippen LogP contribution in [0, 0.1) is 0 Å². The topological polar surface area (TPSA) is 126 Å². The summed E-state index contributed by atoms with van der Waals surface area (Å²) in [4.78, 5) is 24.1. The Morgan fingerprint density at radius 1 is 0.724 bits per heavy atom. The zero-order chi connectivity index (χ0) is 21.4. The van der Waals surface area contributed by atoms with Gasteiger partial charge in [0.05, 0.1) is 20.9 Å². The molecule has 8 nitrogen and oxygen atoms in total. The fourth-order valence-electron chi connectivity index (χ4n) is 4.08. The van der Waals surface area contributed by atoms with E-state index in [0.29, 0.717) is 10.4 Å². The van der Waals surface area contributed by atoms with E-state index < -0.39 is 45.7 Å². The molecule has 0 saturated carbocycles. The van der Waals surface area contributed by atoms with Crippen LogP contribution < -0.4 is 19.8 Å². The number of rotatable bonds is 2. The molecule has 0 spiro atoms. The fraction of sp³-hybridized carbons (Fsp3) is 0.222. The molecule has 0 radical (unpaired) electrons. The Morgan fingerprint density at radius 2 is 1.10 bits per heavy atom. The highest BCUT2D eigenvalue weighted by Crippen LogP contribution is 2.33. The lowest BCUT2D eigenvalue weighted by Gasteiger charge is -2.32. The summed E-state index contributed by atoms with van der Waals surface area (Å²) < 4.78 is 54.7. The predicted molar refractivity (Wildman–Crippen MR) is 108 cm³/mol. The number of amides is 2. The summed E-state index contributed by atoms with van der Waals surface area (Å²) in [6, 6.07) is 9.33. The normalized spacial score (nSPS) is 18.9. The molecule has 2 aromatic rings. The van der Waals surface area contributed by atoms with Crippen LogP contribution in [0.2, 0.25) is 5.04 Å². The second kappa shape index (κ2) is 6.00. The largest absolute Gasteiger partial charge is 0.268 e. The summed E-state index contributed by atoms with van der Waals surface area (Å²) in [5, 5.41) is 0.375. The molecule has 0 unspecified atom stereocenters. The van der Waals surface area contributed by atoms with Crippen molar-refractivity contribution >= 4 is 51.0 Å². The van der Waals surface area contributed by atoms with Crippen molar-refractivity contribution in [2.75, 3.05) is 0 Å². The van der Waals surface area contributed by atoms with Crippen LogP contribution in [0.25, 0.3) is 0 Å². The SMILES string of the molecule is CC(C)(C)[SiH](c1cccc2c1S(=O)(=O)NC2=O)c1cccc2c1S(=O)(=O)NC2=O. The van der Waals surface area contributed by atoms with Gasteiger partial charge in [0.15, 0.2) is 0 Å². The number of hydrogen-bond acceptors (Lipinski definition) is 6. The number of benzene rings is 2. The highest BCUT2D eigenvalue weighted by molar-refractivity contribution is 7.91. The Balaban J connectivity index is 2.10. The molecule has 4 rings (SSSR count). The third-order valence-corrected chi connectivity index (χ3v) is 12.3. The molecule has 29 heavy (non-hydrogen) atoms. The van der Waals surface area contributed by atoms with Crippen molar-refractivity contribution in [3.63, 3.8) is 0 Å². The van der Waals surface area contributed by atoms with Crippen molar-refractivity contribution in [2.45, 2.75) is 35.6 Å². The molecular formula is C18H18N2O6S2Si. The van der Waals surface area contributed by atoms with Crippen molar-refractivity contribution in [1.82, 2.24) is 9.44 Å². The molecule has 2 amide bonds. The minimum absolute atomic E-state index is 0.0499. The smallest absolute Gasteiger partial charge is 0.266 e. The van der Waals surface area contributed by atoms with Gasteiger partial charge in [-0.1, -0.05) is 45.0 Å². The van der Waals surface area contributed by atoms with Crippen molar-refractivity contribution in [3.05, 3.63) is 47.5 Å². The van der Waals surface area contributed by atoms with Gasteiger partial charge in [-0.05, 0) is 27.5 Å². The highest BCUT2D eigenvalue weighted by atomic mass is 32.2. The third-order valence-electron chi connectivity index (χ3n) is 5.06. The summed E-state index contributed by atoms with van der Waals surface area (Å²) >= 11 is 0. The van der Waals surface area contributed by atoms with Gasteiger partial charge in [0.1, 0.15) is 8.80 Å². The van der Waals surface area contributed by atoms with Crippen molar-refractivity contribution in [1.29, 1.82) is 0 Å². The standard InChI is InChI=1S/C18H18N2O6S2Si/c1-18(2,3)29(12-8-4-6-10-14(12)27(23,24)19-16(10)21)13-9-5-7-11-15(13)28(25,26)20-17(11)22/h4-9,29H,1-3H3,(H,19,21)(H,20,22). The van der Waals surface area contributed by atoms with Crippen molar-refractivity contribution in [2.24, 2.45) is 0 Å². The lowest BCUT2D eigenvalue weighted by atomic mass is 10.2. The van der Waals surface area contributed by atoms with Gasteiger partial charge in [-0.2, -0.15) is 0 Å². The molecule has 2 aliphatic rings. The van der Waals surface area contributed by atoms with Gasteiger partial charge in [-0.15, -0.1) is 0 Å². The quantitative estimate of drug-likeness (QED) is 0.605. The fourth-order valence-corrected chi connectivity index (χ4v) is 11.9. The molecule has 0 aromatic heterocycles. The Kier molecular flexibility index (Phi) is 4.10. The number of sulfonamides is 2. The first-order valence-corrected chi connectivity index (χ1v) is 13.4. The maximum atomic E-state index is 12.7. The molecule has 11 heteroatoms. The Bertz CT molecular complexity index is 1210. The molecule has 0 bridgehead atoms. The molecule has 2 aromatic carbocycles. The van der Waals surface area contributed by atoms with Crippen molar-refractivity contribution in [3.8, 4) is 0 Å². The second-order valence-electron chi connectivity index (χ2n) is 8.12. The zero-order valence-corrected chi connectivity index (χ0v) is 18.6. The van der Waals surface area contributed by atoms with Crippen LogP contribution in [-0.4, -0.2) is 37.4 Å². The zero-order valence-electron chi connectivity index (χ0n) is 15.8. The summed E-state index contributed by atoms with van der Waals surface area (Å²) in [7, 11) is -10.7. The van der Waals surface area contributed by atoms with E-state index in [1.54, 1.807) is 24.3 Å². The first kappa shape index (κ1) is 19.8. The minimum Gasteiger partial charge on any atom is -0.268 e. The lowest BCUT2D eigenvalue weighted by Crippen LogP contribution is -2.52. The van der Waals surface area contributed by atoms with E-state index in [0.717, 1.165) is 0 Å². The minimum atomic E-state index is -4.05. The Hall–Kier alpha value is -2.50. The van der Waals surface area contributed by atoms with Gasteiger partial charge in [-0.25, -0.2) is 26.3 Å². The van der Waals surface area contributed by atoms with Crippen LogP contribution in [0.1, 0.15) is 41.5 Å². The van der Waals surface area contributed by atoms with Crippen LogP contribution in [0.3, 0.4) is 0 Å². The molecule has 2 N–H and O–H groups in total. The maximum Gasteiger partial charge on any atom is 0.266 e. The first-order chi connectivity index (χ1) is 13.3. The summed E-state index contributed by atoms with van der Waals surface area (Å²) in [5.74, 6) is -1.41. The molecule has 152 valence electrons. The van der Waals surface area contributed by atoms with E-state index in [9.17, 15) is 26.4 Å². The highest BCUT2D eigenvalue weighted by Gasteiger charge is 2.44. The van der Waals surface area contributed by atoms with E-state index in [1.807, 2.05) is 30.2 Å². The van der Waals surface area contributed by atoms with E-state index in [-0.39, 0.29) is 20.9 Å². The molecular weight excluding hydrogens is 432 g/mol. The average Bonchev–Trinajstić information content (AvgIpc) is 2.97. The number of hydrogen-bond donors (Lipinski definition) is 2. The number of fused-ring (bicyclic) bond motifs is 2. The summed E-state index contributed by atoms with van der Waals surface area (Å²) in [6.07, 6.45) is 0. The third kappa shape index (κ3) is 2.91. The van der Waals surface area contributed by atoms with Crippen LogP contribution in [0.5, 0.6) is 0 Å². The molecule has 0 aliphatic carbocycles. The van der Waals surface area contributed by atoms with E-state index in [4.69, 9.17) is 0 Å². The van der Waals surface area contributed by atoms with Crippen LogP contribution >= 0.6 is 0 Å². The monoisotopic (exact) mass is 450 g/mol. The second-order valence-corrected chi connectivity index (χ2v) is 15.2.